The first-order valence-electron chi connectivity index (χ1n) is 5.39. The molecule has 2 rings (SSSR count). The number of aldehydes is 1. The average molecular weight is 280 g/mol. The lowest BCUT2D eigenvalue weighted by atomic mass is 10.1. The van der Waals surface area contributed by atoms with Crippen LogP contribution in [0.5, 0.6) is 0 Å². The minimum atomic E-state index is 0.520. The van der Waals surface area contributed by atoms with Gasteiger partial charge < -0.3 is 5.32 Å². The molecule has 0 bridgehead atoms. The molecule has 0 fully saturated rings. The third kappa shape index (κ3) is 2.50. The molecule has 0 aliphatic heterocycles. The predicted octanol–water partition coefficient (Wildman–Crippen LogP) is 4.86. The SMILES string of the molecule is Cc1ccc(Cl)c(Nc2ccccc2C=O)c1Cl. The van der Waals surface area contributed by atoms with E-state index in [1.54, 1.807) is 24.3 Å². The van der Waals surface area contributed by atoms with Crippen LogP contribution in [0.2, 0.25) is 10.0 Å². The van der Waals surface area contributed by atoms with E-state index in [-0.39, 0.29) is 0 Å². The minimum absolute atomic E-state index is 0.520. The Hall–Kier alpha value is -1.51. The van der Waals surface area contributed by atoms with Crippen molar-refractivity contribution in [3.8, 4) is 0 Å². The van der Waals surface area contributed by atoms with E-state index >= 15 is 0 Å². The van der Waals surface area contributed by atoms with Crippen molar-refractivity contribution in [2.45, 2.75) is 6.92 Å². The first-order chi connectivity index (χ1) is 8.63. The van der Waals surface area contributed by atoms with Gasteiger partial charge in [0, 0.05) is 11.3 Å². The van der Waals surface area contributed by atoms with Gasteiger partial charge in [-0.15, -0.1) is 0 Å². The molecule has 1 N–H and O–H groups in total. The van der Waals surface area contributed by atoms with E-state index in [2.05, 4.69) is 5.32 Å². The second kappa shape index (κ2) is 5.42. The maximum atomic E-state index is 10.9. The highest BCUT2D eigenvalue weighted by Crippen LogP contribution is 2.35. The van der Waals surface area contributed by atoms with E-state index in [0.29, 0.717) is 27.0 Å². The Bertz CT molecular complexity index is 596. The van der Waals surface area contributed by atoms with E-state index in [4.69, 9.17) is 23.2 Å². The fraction of sp³-hybridized carbons (Fsp3) is 0.0714. The molecule has 0 atom stereocenters. The van der Waals surface area contributed by atoms with Crippen molar-refractivity contribution in [2.75, 3.05) is 5.32 Å². The monoisotopic (exact) mass is 279 g/mol. The zero-order valence-corrected chi connectivity index (χ0v) is 11.2. The van der Waals surface area contributed by atoms with Gasteiger partial charge in [0.05, 0.1) is 15.7 Å². The first-order valence-corrected chi connectivity index (χ1v) is 6.15. The molecule has 0 heterocycles. The maximum absolute atomic E-state index is 10.9. The third-order valence-corrected chi connectivity index (χ3v) is 3.43. The summed E-state index contributed by atoms with van der Waals surface area (Å²) in [6.07, 6.45) is 0.792. The van der Waals surface area contributed by atoms with Gasteiger partial charge in [-0.1, -0.05) is 41.4 Å². The summed E-state index contributed by atoms with van der Waals surface area (Å²) in [5.74, 6) is 0. The zero-order valence-electron chi connectivity index (χ0n) is 9.71. The van der Waals surface area contributed by atoms with Gasteiger partial charge in [0.15, 0.2) is 6.29 Å². The molecule has 0 aromatic heterocycles. The molecule has 2 nitrogen and oxygen atoms in total. The number of hydrogen-bond acceptors (Lipinski definition) is 2. The highest BCUT2D eigenvalue weighted by atomic mass is 35.5. The Kier molecular flexibility index (Phi) is 3.90. The fourth-order valence-electron chi connectivity index (χ4n) is 1.62. The predicted molar refractivity (Wildman–Crippen MR) is 76.3 cm³/mol. The highest BCUT2D eigenvalue weighted by molar-refractivity contribution is 6.39. The molecule has 0 radical (unpaired) electrons. The molecular formula is C14H11Cl2NO. The number of rotatable bonds is 3. The van der Waals surface area contributed by atoms with Crippen LogP contribution in [0.25, 0.3) is 0 Å². The second-order valence-corrected chi connectivity index (χ2v) is 4.67. The van der Waals surface area contributed by atoms with Crippen LogP contribution in [0, 0.1) is 6.92 Å². The van der Waals surface area contributed by atoms with Crippen LogP contribution in [-0.4, -0.2) is 6.29 Å². The highest BCUT2D eigenvalue weighted by Gasteiger charge is 2.10. The van der Waals surface area contributed by atoms with Gasteiger partial charge >= 0.3 is 0 Å². The van der Waals surface area contributed by atoms with Gasteiger partial charge in [0.25, 0.3) is 0 Å². The molecule has 2 aromatic carbocycles. The van der Waals surface area contributed by atoms with Gasteiger partial charge in [-0.2, -0.15) is 0 Å². The molecule has 18 heavy (non-hydrogen) atoms. The molecule has 0 amide bonds. The van der Waals surface area contributed by atoms with Gasteiger partial charge in [-0.3, -0.25) is 4.79 Å². The quantitative estimate of drug-likeness (QED) is 0.813. The van der Waals surface area contributed by atoms with E-state index in [9.17, 15) is 4.79 Å². The summed E-state index contributed by atoms with van der Waals surface area (Å²) in [5, 5.41) is 4.18. The van der Waals surface area contributed by atoms with Crippen molar-refractivity contribution in [1.82, 2.24) is 0 Å². The van der Waals surface area contributed by atoms with Gasteiger partial charge in [0.2, 0.25) is 0 Å². The number of halogens is 2. The van der Waals surface area contributed by atoms with Crippen molar-refractivity contribution in [1.29, 1.82) is 0 Å². The van der Waals surface area contributed by atoms with Gasteiger partial charge in [-0.05, 0) is 30.7 Å². The summed E-state index contributed by atoms with van der Waals surface area (Å²) in [5.41, 5.74) is 2.79. The summed E-state index contributed by atoms with van der Waals surface area (Å²) in [6.45, 7) is 1.90. The topological polar surface area (TPSA) is 29.1 Å². The van der Waals surface area contributed by atoms with Crippen LogP contribution in [0.4, 0.5) is 11.4 Å². The summed E-state index contributed by atoms with van der Waals surface area (Å²) in [6, 6.07) is 10.8. The zero-order chi connectivity index (χ0) is 13.1. The van der Waals surface area contributed by atoms with E-state index < -0.39 is 0 Å². The maximum Gasteiger partial charge on any atom is 0.152 e. The molecule has 0 unspecified atom stereocenters. The Balaban J connectivity index is 2.46. The molecule has 0 aliphatic carbocycles. The number of para-hydroxylation sites is 1. The van der Waals surface area contributed by atoms with Crippen molar-refractivity contribution in [3.63, 3.8) is 0 Å². The van der Waals surface area contributed by atoms with Crippen molar-refractivity contribution < 1.29 is 4.79 Å². The van der Waals surface area contributed by atoms with Crippen LogP contribution < -0.4 is 5.32 Å². The number of nitrogens with one attached hydrogen (secondary N) is 1. The van der Waals surface area contributed by atoms with E-state index in [0.717, 1.165) is 11.8 Å². The van der Waals surface area contributed by atoms with Crippen LogP contribution >= 0.6 is 23.2 Å². The van der Waals surface area contributed by atoms with E-state index in [1.165, 1.54) is 0 Å². The molecule has 0 aliphatic rings. The standard InChI is InChI=1S/C14H11Cl2NO/c1-9-6-7-11(15)14(13(9)16)17-12-5-3-2-4-10(12)8-18/h2-8,17H,1H3. The van der Waals surface area contributed by atoms with Gasteiger partial charge in [-0.25, -0.2) is 0 Å². The lowest BCUT2D eigenvalue weighted by Gasteiger charge is -2.13. The Morgan fingerprint density at radius 1 is 1.11 bits per heavy atom. The van der Waals surface area contributed by atoms with Crippen LogP contribution in [0.15, 0.2) is 36.4 Å². The smallest absolute Gasteiger partial charge is 0.152 e. The van der Waals surface area contributed by atoms with Crippen LogP contribution in [0.3, 0.4) is 0 Å². The van der Waals surface area contributed by atoms with Crippen molar-refractivity contribution in [3.05, 3.63) is 57.6 Å². The number of carbonyl (C=O) groups is 1. The molecule has 4 heteroatoms. The van der Waals surface area contributed by atoms with Crippen LogP contribution in [0.1, 0.15) is 15.9 Å². The van der Waals surface area contributed by atoms with Crippen LogP contribution in [-0.2, 0) is 0 Å². The van der Waals surface area contributed by atoms with Gasteiger partial charge in [0.1, 0.15) is 0 Å². The van der Waals surface area contributed by atoms with Crippen molar-refractivity contribution >= 4 is 40.9 Å². The summed E-state index contributed by atoms with van der Waals surface area (Å²) in [7, 11) is 0. The fourth-order valence-corrected chi connectivity index (χ4v) is 2.08. The normalized spacial score (nSPS) is 10.2. The minimum Gasteiger partial charge on any atom is -0.352 e. The Morgan fingerprint density at radius 2 is 1.83 bits per heavy atom. The molecule has 0 saturated carbocycles. The number of aryl methyl sites for hydroxylation is 1. The molecule has 92 valence electrons. The number of carbonyl (C=O) groups excluding carboxylic acids is 1. The molecule has 2 aromatic rings. The summed E-state index contributed by atoms with van der Waals surface area (Å²) in [4.78, 5) is 10.9. The van der Waals surface area contributed by atoms with E-state index in [1.807, 2.05) is 19.1 Å². The summed E-state index contributed by atoms with van der Waals surface area (Å²) < 4.78 is 0. The lowest BCUT2D eigenvalue weighted by molar-refractivity contribution is 0.112. The molecule has 0 saturated heterocycles. The Labute approximate surface area is 116 Å². The Morgan fingerprint density at radius 3 is 2.56 bits per heavy atom. The number of anilines is 2. The van der Waals surface area contributed by atoms with Crippen molar-refractivity contribution in [2.24, 2.45) is 0 Å². The number of benzene rings is 2. The molecular weight excluding hydrogens is 269 g/mol. The summed E-state index contributed by atoms with van der Waals surface area (Å²) >= 11 is 12.3. The first kappa shape index (κ1) is 12.9. The molecule has 0 spiro atoms. The lowest BCUT2D eigenvalue weighted by Crippen LogP contribution is -1.97. The third-order valence-electron chi connectivity index (χ3n) is 2.63. The number of hydrogen-bond donors (Lipinski definition) is 1. The largest absolute Gasteiger partial charge is 0.352 e. The second-order valence-electron chi connectivity index (χ2n) is 3.88. The average Bonchev–Trinajstić information content (AvgIpc) is 2.39.